The van der Waals surface area contributed by atoms with Gasteiger partial charge in [-0.2, -0.15) is 4.98 Å². The summed E-state index contributed by atoms with van der Waals surface area (Å²) >= 11 is 0. The first-order valence-corrected chi connectivity index (χ1v) is 7.46. The molecule has 1 aliphatic heterocycles. The minimum absolute atomic E-state index is 0.397. The SMILES string of the molecule is Cc1nc(CN(C[C@@H]2CCCO2)C2CCCC2)no1. The van der Waals surface area contributed by atoms with Gasteiger partial charge in [-0.1, -0.05) is 18.0 Å². The molecule has 0 bridgehead atoms. The molecule has 5 heteroatoms. The van der Waals surface area contributed by atoms with Crippen molar-refractivity contribution in [3.05, 3.63) is 11.7 Å². The summed E-state index contributed by atoms with van der Waals surface area (Å²) < 4.78 is 10.9. The van der Waals surface area contributed by atoms with Crippen molar-refractivity contribution in [2.24, 2.45) is 0 Å². The van der Waals surface area contributed by atoms with Crippen LogP contribution in [0.2, 0.25) is 0 Å². The van der Waals surface area contributed by atoms with Crippen LogP contribution in [-0.2, 0) is 11.3 Å². The molecule has 1 saturated heterocycles. The lowest BCUT2D eigenvalue weighted by atomic mass is 10.1. The van der Waals surface area contributed by atoms with Crippen LogP contribution in [0.5, 0.6) is 0 Å². The van der Waals surface area contributed by atoms with Gasteiger partial charge in [0.05, 0.1) is 12.6 Å². The molecule has 2 heterocycles. The van der Waals surface area contributed by atoms with Crippen LogP contribution in [0.1, 0.15) is 50.2 Å². The van der Waals surface area contributed by atoms with Gasteiger partial charge in [0.15, 0.2) is 5.82 Å². The van der Waals surface area contributed by atoms with Crippen molar-refractivity contribution in [1.82, 2.24) is 15.0 Å². The number of nitrogens with zero attached hydrogens (tertiary/aromatic N) is 3. The number of aryl methyl sites for hydroxylation is 1. The van der Waals surface area contributed by atoms with Gasteiger partial charge in [-0.3, -0.25) is 4.90 Å². The van der Waals surface area contributed by atoms with Crippen LogP contribution in [0.25, 0.3) is 0 Å². The molecule has 0 amide bonds. The third-order valence-electron chi connectivity index (χ3n) is 4.22. The van der Waals surface area contributed by atoms with Gasteiger partial charge in [0, 0.05) is 26.1 Å². The normalized spacial score (nSPS) is 24.6. The molecule has 0 radical (unpaired) electrons. The Balaban J connectivity index is 1.64. The predicted molar refractivity (Wildman–Crippen MR) is 70.7 cm³/mol. The maximum Gasteiger partial charge on any atom is 0.223 e. The molecule has 106 valence electrons. The van der Waals surface area contributed by atoms with E-state index in [-0.39, 0.29) is 0 Å². The zero-order valence-corrected chi connectivity index (χ0v) is 11.7. The smallest absolute Gasteiger partial charge is 0.223 e. The summed E-state index contributed by atoms with van der Waals surface area (Å²) in [5.74, 6) is 1.46. The second-order valence-corrected chi connectivity index (χ2v) is 5.73. The Hall–Kier alpha value is -0.940. The fourth-order valence-electron chi connectivity index (χ4n) is 3.25. The van der Waals surface area contributed by atoms with Crippen molar-refractivity contribution in [1.29, 1.82) is 0 Å². The predicted octanol–water partition coefficient (Wildman–Crippen LogP) is 2.30. The van der Waals surface area contributed by atoms with Crippen molar-refractivity contribution >= 4 is 0 Å². The van der Waals surface area contributed by atoms with Crippen LogP contribution in [0, 0.1) is 6.92 Å². The molecular weight excluding hydrogens is 242 g/mol. The van der Waals surface area contributed by atoms with Crippen molar-refractivity contribution < 1.29 is 9.26 Å². The molecule has 3 rings (SSSR count). The molecule has 0 N–H and O–H groups in total. The lowest BCUT2D eigenvalue weighted by Crippen LogP contribution is -2.38. The third kappa shape index (κ3) is 3.34. The summed E-state index contributed by atoms with van der Waals surface area (Å²) in [6, 6.07) is 0.669. The summed E-state index contributed by atoms with van der Waals surface area (Å²) in [4.78, 5) is 6.84. The Kier molecular flexibility index (Phi) is 4.13. The van der Waals surface area contributed by atoms with E-state index in [1.165, 1.54) is 38.5 Å². The van der Waals surface area contributed by atoms with Gasteiger partial charge in [0.2, 0.25) is 5.89 Å². The molecule has 0 unspecified atom stereocenters. The van der Waals surface area contributed by atoms with Crippen molar-refractivity contribution in [2.75, 3.05) is 13.2 Å². The molecule has 0 spiro atoms. The minimum atomic E-state index is 0.397. The standard InChI is InChI=1S/C14H23N3O2/c1-11-15-14(16-19-11)10-17(12-5-2-3-6-12)9-13-7-4-8-18-13/h12-13H,2-10H2,1H3/t13-/m0/s1. The highest BCUT2D eigenvalue weighted by Gasteiger charge is 2.27. The molecule has 2 aliphatic rings. The monoisotopic (exact) mass is 265 g/mol. The summed E-state index contributed by atoms with van der Waals surface area (Å²) in [5, 5.41) is 4.03. The van der Waals surface area contributed by atoms with E-state index >= 15 is 0 Å². The Morgan fingerprint density at radius 1 is 1.21 bits per heavy atom. The van der Waals surface area contributed by atoms with Crippen LogP contribution in [0.15, 0.2) is 4.52 Å². The highest BCUT2D eigenvalue weighted by atomic mass is 16.5. The molecule has 19 heavy (non-hydrogen) atoms. The zero-order chi connectivity index (χ0) is 13.1. The van der Waals surface area contributed by atoms with Crippen LogP contribution in [-0.4, -0.2) is 40.3 Å². The third-order valence-corrected chi connectivity index (χ3v) is 4.22. The van der Waals surface area contributed by atoms with Gasteiger partial charge in [-0.15, -0.1) is 0 Å². The number of hydrogen-bond acceptors (Lipinski definition) is 5. The fraction of sp³-hybridized carbons (Fsp3) is 0.857. The molecule has 5 nitrogen and oxygen atoms in total. The maximum absolute atomic E-state index is 5.78. The van der Waals surface area contributed by atoms with Crippen LogP contribution in [0.4, 0.5) is 0 Å². The van der Waals surface area contributed by atoms with Gasteiger partial charge < -0.3 is 9.26 Å². The summed E-state index contributed by atoms with van der Waals surface area (Å²) in [5.41, 5.74) is 0. The highest BCUT2D eigenvalue weighted by molar-refractivity contribution is 4.88. The number of aromatic nitrogens is 2. The van der Waals surface area contributed by atoms with Crippen LogP contribution in [0.3, 0.4) is 0 Å². The largest absolute Gasteiger partial charge is 0.377 e. The lowest BCUT2D eigenvalue weighted by Gasteiger charge is -2.29. The summed E-state index contributed by atoms with van der Waals surface area (Å²) in [6.45, 7) is 4.57. The molecule has 1 aromatic rings. The average molecular weight is 265 g/mol. The Bertz CT molecular complexity index is 395. The van der Waals surface area contributed by atoms with E-state index < -0.39 is 0 Å². The van der Waals surface area contributed by atoms with Gasteiger partial charge in [0.1, 0.15) is 0 Å². The van der Waals surface area contributed by atoms with Gasteiger partial charge in [-0.25, -0.2) is 0 Å². The van der Waals surface area contributed by atoms with Crippen LogP contribution >= 0.6 is 0 Å². The van der Waals surface area contributed by atoms with E-state index in [4.69, 9.17) is 9.26 Å². The Morgan fingerprint density at radius 3 is 2.68 bits per heavy atom. The van der Waals surface area contributed by atoms with E-state index in [0.717, 1.165) is 25.5 Å². The first-order chi connectivity index (χ1) is 9.31. The number of ether oxygens (including phenoxy) is 1. The van der Waals surface area contributed by atoms with Crippen LogP contribution < -0.4 is 0 Å². The van der Waals surface area contributed by atoms with E-state index in [1.54, 1.807) is 0 Å². The second kappa shape index (κ2) is 6.01. The van der Waals surface area contributed by atoms with E-state index in [9.17, 15) is 0 Å². The molecule has 1 saturated carbocycles. The second-order valence-electron chi connectivity index (χ2n) is 5.73. The lowest BCUT2D eigenvalue weighted by molar-refractivity contribution is 0.0527. The first-order valence-electron chi connectivity index (χ1n) is 7.46. The van der Waals surface area contributed by atoms with Crippen molar-refractivity contribution in [3.63, 3.8) is 0 Å². The average Bonchev–Trinajstić information content (AvgIpc) is 3.10. The molecule has 1 atom stereocenters. The van der Waals surface area contributed by atoms with Gasteiger partial charge >= 0.3 is 0 Å². The molecule has 1 aromatic heterocycles. The fourth-order valence-corrected chi connectivity index (χ4v) is 3.25. The minimum Gasteiger partial charge on any atom is -0.377 e. The first kappa shape index (κ1) is 13.1. The quantitative estimate of drug-likeness (QED) is 0.817. The molecular formula is C14H23N3O2. The zero-order valence-electron chi connectivity index (χ0n) is 11.7. The maximum atomic E-state index is 5.78. The van der Waals surface area contributed by atoms with E-state index in [0.29, 0.717) is 18.0 Å². The van der Waals surface area contributed by atoms with Gasteiger partial charge in [-0.05, 0) is 25.7 Å². The van der Waals surface area contributed by atoms with Crippen molar-refractivity contribution in [2.45, 2.75) is 64.1 Å². The molecule has 1 aliphatic carbocycles. The Labute approximate surface area is 114 Å². The molecule has 2 fully saturated rings. The Morgan fingerprint density at radius 2 is 2.05 bits per heavy atom. The number of rotatable bonds is 5. The summed E-state index contributed by atoms with van der Waals surface area (Å²) in [7, 11) is 0. The topological polar surface area (TPSA) is 51.4 Å². The van der Waals surface area contributed by atoms with E-state index in [1.807, 2.05) is 6.92 Å². The summed E-state index contributed by atoms with van der Waals surface area (Å²) in [6.07, 6.45) is 8.07. The van der Waals surface area contributed by atoms with E-state index in [2.05, 4.69) is 15.0 Å². The highest BCUT2D eigenvalue weighted by Crippen LogP contribution is 2.26. The van der Waals surface area contributed by atoms with Crippen molar-refractivity contribution in [3.8, 4) is 0 Å². The van der Waals surface area contributed by atoms with Gasteiger partial charge in [0.25, 0.3) is 0 Å². The number of hydrogen-bond donors (Lipinski definition) is 0. The molecule has 0 aromatic carbocycles.